The van der Waals surface area contributed by atoms with Crippen LogP contribution in [0.15, 0.2) is 29.2 Å². The molecule has 2 aliphatic rings. The number of rotatable bonds is 7. The minimum Gasteiger partial charge on any atom is -0.348 e. The standard InChI is InChI=1S/C20H31N3O3S/c1-15(2)17-6-8-19(9-7-17)27(25,26)23-12-10-22(11-13-23)14-20(24)21-16(3)18-4-5-18/h6-9,15-16,18H,4-5,10-14H2,1-3H3,(H,21,24)/p+1/t16-/m0/s1. The zero-order chi connectivity index (χ0) is 19.6. The van der Waals surface area contributed by atoms with E-state index in [9.17, 15) is 13.2 Å². The molecule has 150 valence electrons. The van der Waals surface area contributed by atoms with Crippen LogP contribution >= 0.6 is 0 Å². The molecule has 27 heavy (non-hydrogen) atoms. The summed E-state index contributed by atoms with van der Waals surface area (Å²) in [6, 6.07) is 7.45. The summed E-state index contributed by atoms with van der Waals surface area (Å²) < 4.78 is 27.3. The number of hydrogen-bond acceptors (Lipinski definition) is 3. The molecule has 0 bridgehead atoms. The van der Waals surface area contributed by atoms with Gasteiger partial charge in [-0.25, -0.2) is 8.42 Å². The molecule has 1 amide bonds. The van der Waals surface area contributed by atoms with Crippen LogP contribution < -0.4 is 10.2 Å². The summed E-state index contributed by atoms with van der Waals surface area (Å²) in [5.41, 5.74) is 1.13. The Hall–Kier alpha value is -1.44. The van der Waals surface area contributed by atoms with Crippen molar-refractivity contribution in [1.82, 2.24) is 9.62 Å². The third-order valence-corrected chi connectivity index (χ3v) is 7.66. The molecule has 0 spiro atoms. The maximum absolute atomic E-state index is 12.9. The fraction of sp³-hybridized carbons (Fsp3) is 0.650. The molecule has 0 radical (unpaired) electrons. The highest BCUT2D eigenvalue weighted by Crippen LogP contribution is 2.32. The molecule has 1 aliphatic carbocycles. The average molecular weight is 395 g/mol. The van der Waals surface area contributed by atoms with Gasteiger partial charge in [0.05, 0.1) is 31.1 Å². The molecule has 1 saturated carbocycles. The van der Waals surface area contributed by atoms with Crippen LogP contribution in [0.2, 0.25) is 0 Å². The lowest BCUT2D eigenvalue weighted by molar-refractivity contribution is -0.895. The van der Waals surface area contributed by atoms with Gasteiger partial charge in [0.25, 0.3) is 5.91 Å². The highest BCUT2D eigenvalue weighted by atomic mass is 32.2. The molecule has 1 atom stereocenters. The lowest BCUT2D eigenvalue weighted by Crippen LogP contribution is -3.15. The number of benzene rings is 1. The fourth-order valence-electron chi connectivity index (χ4n) is 3.64. The van der Waals surface area contributed by atoms with Gasteiger partial charge in [-0.1, -0.05) is 26.0 Å². The highest BCUT2D eigenvalue weighted by molar-refractivity contribution is 7.89. The zero-order valence-corrected chi connectivity index (χ0v) is 17.4. The molecular weight excluding hydrogens is 362 g/mol. The molecule has 0 unspecified atom stereocenters. The smallest absolute Gasteiger partial charge is 0.275 e. The quantitative estimate of drug-likeness (QED) is 0.712. The molecule has 1 heterocycles. The number of hydrogen-bond donors (Lipinski definition) is 2. The first-order chi connectivity index (χ1) is 12.8. The summed E-state index contributed by atoms with van der Waals surface area (Å²) in [4.78, 5) is 13.7. The number of nitrogens with one attached hydrogen (secondary N) is 2. The molecule has 7 heteroatoms. The van der Waals surface area contributed by atoms with Gasteiger partial charge in [0.2, 0.25) is 10.0 Å². The van der Waals surface area contributed by atoms with Crippen molar-refractivity contribution in [1.29, 1.82) is 0 Å². The molecular formula is C20H32N3O3S+. The molecule has 1 aromatic rings. The van der Waals surface area contributed by atoms with Gasteiger partial charge in [0, 0.05) is 6.04 Å². The van der Waals surface area contributed by atoms with Gasteiger partial charge in [0.1, 0.15) is 0 Å². The van der Waals surface area contributed by atoms with Gasteiger partial charge in [-0.05, 0) is 49.3 Å². The van der Waals surface area contributed by atoms with Gasteiger partial charge in [-0.2, -0.15) is 4.31 Å². The summed E-state index contributed by atoms with van der Waals surface area (Å²) in [7, 11) is -3.46. The SMILES string of the molecule is CC(C)c1ccc(S(=O)(=O)N2CC[NH+](CC(=O)N[C@@H](C)C3CC3)CC2)cc1. The third kappa shape index (κ3) is 5.09. The van der Waals surface area contributed by atoms with E-state index in [1.54, 1.807) is 16.4 Å². The van der Waals surface area contributed by atoms with Crippen LogP contribution in [0.5, 0.6) is 0 Å². The average Bonchev–Trinajstić information content (AvgIpc) is 3.47. The molecule has 2 N–H and O–H groups in total. The first-order valence-electron chi connectivity index (χ1n) is 10.0. The van der Waals surface area contributed by atoms with Crippen molar-refractivity contribution in [2.24, 2.45) is 5.92 Å². The van der Waals surface area contributed by atoms with Gasteiger partial charge in [0.15, 0.2) is 6.54 Å². The number of quaternary nitrogens is 1. The molecule has 3 rings (SSSR count). The second-order valence-corrected chi connectivity index (χ2v) is 10.2. The van der Waals surface area contributed by atoms with E-state index < -0.39 is 10.0 Å². The van der Waals surface area contributed by atoms with E-state index in [1.165, 1.54) is 12.8 Å². The first kappa shape index (κ1) is 20.3. The van der Waals surface area contributed by atoms with Gasteiger partial charge in [-0.15, -0.1) is 0 Å². The van der Waals surface area contributed by atoms with E-state index in [0.717, 1.165) is 10.5 Å². The Labute approximate surface area is 163 Å². The molecule has 1 aromatic carbocycles. The number of carbonyl (C=O) groups excluding carboxylic acids is 1. The molecule has 1 aliphatic heterocycles. The van der Waals surface area contributed by atoms with Crippen LogP contribution in [0.3, 0.4) is 0 Å². The Kier molecular flexibility index (Phi) is 6.23. The molecule has 2 fully saturated rings. The third-order valence-electron chi connectivity index (χ3n) is 5.74. The Balaban J connectivity index is 1.52. The number of sulfonamides is 1. The summed E-state index contributed by atoms with van der Waals surface area (Å²) in [5, 5.41) is 3.08. The topological polar surface area (TPSA) is 70.9 Å². The second kappa shape index (κ2) is 8.29. The maximum Gasteiger partial charge on any atom is 0.275 e. The van der Waals surface area contributed by atoms with Crippen molar-refractivity contribution in [3.05, 3.63) is 29.8 Å². The Morgan fingerprint density at radius 1 is 1.15 bits per heavy atom. The number of nitrogens with zero attached hydrogens (tertiary/aromatic N) is 1. The van der Waals surface area contributed by atoms with Gasteiger partial charge < -0.3 is 10.2 Å². The summed E-state index contributed by atoms with van der Waals surface area (Å²) in [5.74, 6) is 1.10. The minimum atomic E-state index is -3.46. The van der Waals surface area contributed by atoms with Crippen LogP contribution in [0, 0.1) is 5.92 Å². The normalized spacial score (nSPS) is 20.6. The Morgan fingerprint density at radius 3 is 2.26 bits per heavy atom. The van der Waals surface area contributed by atoms with Crippen LogP contribution in [-0.2, 0) is 14.8 Å². The predicted molar refractivity (Wildman–Crippen MR) is 105 cm³/mol. The van der Waals surface area contributed by atoms with E-state index in [1.807, 2.05) is 12.1 Å². The lowest BCUT2D eigenvalue weighted by atomic mass is 10.0. The summed E-state index contributed by atoms with van der Waals surface area (Å²) in [6.07, 6.45) is 2.42. The predicted octanol–water partition coefficient (Wildman–Crippen LogP) is 0.614. The number of piperazine rings is 1. The van der Waals surface area contributed by atoms with E-state index in [2.05, 4.69) is 26.1 Å². The number of amides is 1. The monoisotopic (exact) mass is 394 g/mol. The van der Waals surface area contributed by atoms with Crippen LogP contribution in [0.1, 0.15) is 45.1 Å². The Bertz CT molecular complexity index is 749. The van der Waals surface area contributed by atoms with Crippen molar-refractivity contribution in [2.75, 3.05) is 32.7 Å². The van der Waals surface area contributed by atoms with Crippen molar-refractivity contribution in [3.63, 3.8) is 0 Å². The van der Waals surface area contributed by atoms with E-state index in [-0.39, 0.29) is 11.9 Å². The summed E-state index contributed by atoms with van der Waals surface area (Å²) >= 11 is 0. The largest absolute Gasteiger partial charge is 0.348 e. The first-order valence-corrected chi connectivity index (χ1v) is 11.4. The molecule has 0 aromatic heterocycles. The van der Waals surface area contributed by atoms with Crippen molar-refractivity contribution >= 4 is 15.9 Å². The minimum absolute atomic E-state index is 0.0741. The lowest BCUT2D eigenvalue weighted by Gasteiger charge is -2.31. The van der Waals surface area contributed by atoms with Crippen LogP contribution in [0.25, 0.3) is 0 Å². The molecule has 6 nitrogen and oxygen atoms in total. The number of carbonyl (C=O) groups is 1. The second-order valence-electron chi connectivity index (χ2n) is 8.25. The van der Waals surface area contributed by atoms with Crippen molar-refractivity contribution < 1.29 is 18.1 Å². The van der Waals surface area contributed by atoms with Gasteiger partial charge in [-0.3, -0.25) is 4.79 Å². The van der Waals surface area contributed by atoms with Crippen molar-refractivity contribution in [3.8, 4) is 0 Å². The van der Waals surface area contributed by atoms with Crippen LogP contribution in [-0.4, -0.2) is 57.4 Å². The van der Waals surface area contributed by atoms with E-state index in [0.29, 0.717) is 49.5 Å². The van der Waals surface area contributed by atoms with Crippen LogP contribution in [0.4, 0.5) is 0 Å². The van der Waals surface area contributed by atoms with E-state index in [4.69, 9.17) is 0 Å². The fourth-order valence-corrected chi connectivity index (χ4v) is 5.08. The van der Waals surface area contributed by atoms with Gasteiger partial charge >= 0.3 is 0 Å². The van der Waals surface area contributed by atoms with Crippen molar-refractivity contribution in [2.45, 2.75) is 50.5 Å². The molecule has 1 saturated heterocycles. The van der Waals surface area contributed by atoms with E-state index >= 15 is 0 Å². The maximum atomic E-state index is 12.9. The Morgan fingerprint density at radius 2 is 1.74 bits per heavy atom. The zero-order valence-electron chi connectivity index (χ0n) is 16.6. The summed E-state index contributed by atoms with van der Waals surface area (Å²) in [6.45, 7) is 8.90. The highest BCUT2D eigenvalue weighted by Gasteiger charge is 2.32.